The van der Waals surface area contributed by atoms with E-state index in [0.717, 1.165) is 22.4 Å². The van der Waals surface area contributed by atoms with E-state index in [1.54, 1.807) is 54.7 Å². The number of nitrogens with zero attached hydrogens (tertiary/aromatic N) is 2. The number of sulfonamides is 1. The van der Waals surface area contributed by atoms with Crippen LogP contribution in [0.1, 0.15) is 32.6 Å². The van der Waals surface area contributed by atoms with Crippen LogP contribution in [0.25, 0.3) is 0 Å². The maximum absolute atomic E-state index is 12.5. The van der Waals surface area contributed by atoms with Gasteiger partial charge < -0.3 is 4.74 Å². The first kappa shape index (κ1) is 26.6. The van der Waals surface area contributed by atoms with Crippen LogP contribution in [0.5, 0.6) is 5.75 Å². The van der Waals surface area contributed by atoms with Crippen molar-refractivity contribution in [2.24, 2.45) is 5.10 Å². The molecule has 0 saturated heterocycles. The number of carbonyl (C=O) groups excluding carboxylic acids is 1. The molecule has 0 saturated carbocycles. The van der Waals surface area contributed by atoms with Crippen molar-refractivity contribution in [3.63, 3.8) is 0 Å². The average molecular weight is 528 g/mol. The lowest BCUT2D eigenvalue weighted by atomic mass is 10.1. The molecule has 0 radical (unpaired) electrons. The molecule has 0 atom stereocenters. The van der Waals surface area contributed by atoms with E-state index in [-0.39, 0.29) is 12.5 Å². The van der Waals surface area contributed by atoms with Gasteiger partial charge in [-0.2, -0.15) is 5.10 Å². The Kier molecular flexibility index (Phi) is 8.55. The average Bonchev–Trinajstić information content (AvgIpc) is 2.92. The Morgan fingerprint density at radius 3 is 2.13 bits per heavy atom. The second-order valence-electron chi connectivity index (χ2n) is 8.84. The van der Waals surface area contributed by atoms with E-state index < -0.39 is 10.0 Å². The van der Waals surface area contributed by atoms with Gasteiger partial charge in [0.25, 0.3) is 5.91 Å². The highest BCUT2D eigenvalue weighted by atomic mass is 32.2. The summed E-state index contributed by atoms with van der Waals surface area (Å²) in [6.07, 6.45) is 2.73. The molecule has 0 spiro atoms. The summed E-state index contributed by atoms with van der Waals surface area (Å²) in [6.45, 7) is 2.70. The first-order valence-electron chi connectivity index (χ1n) is 12.0. The molecule has 0 aliphatic carbocycles. The molecule has 38 heavy (non-hydrogen) atoms. The lowest BCUT2D eigenvalue weighted by Gasteiger charge is -2.22. The molecule has 1 N–H and O–H groups in total. The minimum absolute atomic E-state index is 0.160. The Hall–Kier alpha value is -4.43. The van der Waals surface area contributed by atoms with Gasteiger partial charge in [0.2, 0.25) is 10.0 Å². The largest absolute Gasteiger partial charge is 0.489 e. The van der Waals surface area contributed by atoms with E-state index >= 15 is 0 Å². The van der Waals surface area contributed by atoms with Crippen molar-refractivity contribution in [1.29, 1.82) is 0 Å². The highest BCUT2D eigenvalue weighted by Gasteiger charge is 2.17. The van der Waals surface area contributed by atoms with Crippen LogP contribution in [-0.4, -0.2) is 26.8 Å². The summed E-state index contributed by atoms with van der Waals surface area (Å²) < 4.78 is 31.8. The van der Waals surface area contributed by atoms with E-state index in [1.165, 1.54) is 16.1 Å². The summed E-state index contributed by atoms with van der Waals surface area (Å²) in [5.74, 6) is 0.377. The number of para-hydroxylation sites is 1. The number of benzene rings is 4. The van der Waals surface area contributed by atoms with Gasteiger partial charge in [-0.15, -0.1) is 0 Å². The number of anilines is 1. The summed E-state index contributed by atoms with van der Waals surface area (Å²) >= 11 is 0. The topological polar surface area (TPSA) is 88.1 Å². The lowest BCUT2D eigenvalue weighted by Crippen LogP contribution is -2.29. The molecule has 0 aromatic heterocycles. The van der Waals surface area contributed by atoms with E-state index in [9.17, 15) is 13.2 Å². The molecule has 0 fully saturated rings. The van der Waals surface area contributed by atoms with Crippen molar-refractivity contribution in [2.75, 3.05) is 10.6 Å². The zero-order valence-electron chi connectivity index (χ0n) is 21.2. The first-order chi connectivity index (χ1) is 18.3. The number of hydrogen-bond acceptors (Lipinski definition) is 5. The highest BCUT2D eigenvalue weighted by Crippen LogP contribution is 2.20. The predicted molar refractivity (Wildman–Crippen MR) is 151 cm³/mol. The number of hydrogen-bond donors (Lipinski definition) is 1. The molecule has 4 aromatic carbocycles. The van der Waals surface area contributed by atoms with E-state index in [4.69, 9.17) is 4.74 Å². The Labute approximate surface area is 223 Å². The molecule has 7 nitrogen and oxygen atoms in total. The number of aryl methyl sites for hydroxylation is 1. The van der Waals surface area contributed by atoms with Crippen molar-refractivity contribution < 1.29 is 17.9 Å². The van der Waals surface area contributed by atoms with Gasteiger partial charge in [-0.25, -0.2) is 13.8 Å². The van der Waals surface area contributed by atoms with Crippen LogP contribution in [-0.2, 0) is 23.2 Å². The molecule has 0 unspecified atom stereocenters. The molecular formula is C30H29N3O4S. The van der Waals surface area contributed by atoms with Gasteiger partial charge in [0.05, 0.1) is 24.7 Å². The Bertz CT molecular complexity index is 1480. The van der Waals surface area contributed by atoms with Crippen LogP contribution in [0, 0.1) is 6.92 Å². The SMILES string of the molecule is Cc1ccc(COc2ccc(/C=N\NC(=O)c3ccc(CN(c4ccccc4)S(C)(=O)=O)cc3)cc2)cc1. The maximum Gasteiger partial charge on any atom is 0.271 e. The smallest absolute Gasteiger partial charge is 0.271 e. The fraction of sp³-hybridized carbons (Fsp3) is 0.133. The number of amides is 1. The summed E-state index contributed by atoms with van der Waals surface area (Å²) in [6, 6.07) is 31.3. The summed E-state index contributed by atoms with van der Waals surface area (Å²) in [5, 5.41) is 4.04. The molecule has 0 aliphatic rings. The molecular weight excluding hydrogens is 498 g/mol. The van der Waals surface area contributed by atoms with Crippen LogP contribution >= 0.6 is 0 Å². The quantitative estimate of drug-likeness (QED) is 0.224. The summed E-state index contributed by atoms with van der Waals surface area (Å²) in [4.78, 5) is 12.5. The van der Waals surface area contributed by atoms with Crippen molar-refractivity contribution >= 4 is 27.8 Å². The second kappa shape index (κ2) is 12.2. The third-order valence-corrected chi connectivity index (χ3v) is 6.91. The van der Waals surface area contributed by atoms with Gasteiger partial charge in [-0.1, -0.05) is 60.2 Å². The number of ether oxygens (including phenoxy) is 1. The zero-order chi connectivity index (χ0) is 27.0. The van der Waals surface area contributed by atoms with Gasteiger partial charge >= 0.3 is 0 Å². The normalized spacial score (nSPS) is 11.3. The van der Waals surface area contributed by atoms with Gasteiger partial charge in [0, 0.05) is 5.56 Å². The highest BCUT2D eigenvalue weighted by molar-refractivity contribution is 7.92. The van der Waals surface area contributed by atoms with Gasteiger partial charge in [-0.3, -0.25) is 9.10 Å². The minimum Gasteiger partial charge on any atom is -0.489 e. The van der Waals surface area contributed by atoms with Crippen molar-refractivity contribution in [3.8, 4) is 5.75 Å². The molecule has 0 heterocycles. The third kappa shape index (κ3) is 7.54. The fourth-order valence-corrected chi connectivity index (χ4v) is 4.54. The summed E-state index contributed by atoms with van der Waals surface area (Å²) in [7, 11) is -3.47. The number of nitrogens with one attached hydrogen (secondary N) is 1. The Balaban J connectivity index is 1.30. The molecule has 1 amide bonds. The Morgan fingerprint density at radius 2 is 1.50 bits per heavy atom. The molecule has 8 heteroatoms. The minimum atomic E-state index is -3.47. The number of rotatable bonds is 10. The van der Waals surface area contributed by atoms with Crippen molar-refractivity contribution in [1.82, 2.24) is 5.43 Å². The van der Waals surface area contributed by atoms with Gasteiger partial charge in [-0.05, 0) is 72.1 Å². The fourth-order valence-electron chi connectivity index (χ4n) is 3.65. The third-order valence-electron chi connectivity index (χ3n) is 5.77. The predicted octanol–water partition coefficient (Wildman–Crippen LogP) is 5.30. The van der Waals surface area contributed by atoms with E-state index in [0.29, 0.717) is 17.9 Å². The summed E-state index contributed by atoms with van der Waals surface area (Å²) in [5.41, 5.74) is 7.38. The zero-order valence-corrected chi connectivity index (χ0v) is 22.1. The van der Waals surface area contributed by atoms with E-state index in [2.05, 4.69) is 22.7 Å². The van der Waals surface area contributed by atoms with Crippen LogP contribution in [0.3, 0.4) is 0 Å². The van der Waals surface area contributed by atoms with Gasteiger partial charge in [0.1, 0.15) is 12.4 Å². The molecule has 0 aliphatic heterocycles. The number of carbonyl (C=O) groups is 1. The van der Waals surface area contributed by atoms with Crippen molar-refractivity contribution in [3.05, 3.63) is 131 Å². The molecule has 194 valence electrons. The standard InChI is InChI=1S/C30H29N3O4S/c1-23-8-10-26(11-9-23)22-37-29-18-14-24(15-19-29)20-31-32-30(34)27-16-12-25(13-17-27)21-33(38(2,35)36)28-6-4-3-5-7-28/h3-20H,21-22H2,1-2H3,(H,32,34)/b31-20-. The number of hydrazone groups is 1. The van der Waals surface area contributed by atoms with Crippen LogP contribution in [0.4, 0.5) is 5.69 Å². The van der Waals surface area contributed by atoms with Crippen molar-refractivity contribution in [2.45, 2.75) is 20.1 Å². The monoisotopic (exact) mass is 527 g/mol. The van der Waals surface area contributed by atoms with Gasteiger partial charge in [0.15, 0.2) is 0 Å². The second-order valence-corrected chi connectivity index (χ2v) is 10.8. The lowest BCUT2D eigenvalue weighted by molar-refractivity contribution is 0.0955. The van der Waals surface area contributed by atoms with Crippen LogP contribution in [0.15, 0.2) is 108 Å². The van der Waals surface area contributed by atoms with Crippen LogP contribution in [0.2, 0.25) is 0 Å². The molecule has 0 bridgehead atoms. The Morgan fingerprint density at radius 1 is 0.868 bits per heavy atom. The van der Waals surface area contributed by atoms with E-state index in [1.807, 2.05) is 49.4 Å². The molecule has 4 aromatic rings. The maximum atomic E-state index is 12.5. The van der Waals surface area contributed by atoms with Crippen LogP contribution < -0.4 is 14.5 Å². The molecule has 4 rings (SSSR count). The first-order valence-corrected chi connectivity index (χ1v) is 13.9.